The van der Waals surface area contributed by atoms with Gasteiger partial charge in [0, 0.05) is 16.2 Å². The molecule has 0 saturated carbocycles. The number of benzene rings is 14. The van der Waals surface area contributed by atoms with Crippen LogP contribution in [0.1, 0.15) is 17.8 Å². The number of hydrogen-bond acceptors (Lipinski definition) is 1. The van der Waals surface area contributed by atoms with Crippen LogP contribution in [-0.4, -0.2) is 0 Å². The van der Waals surface area contributed by atoms with Gasteiger partial charge in [-0.05, 0) is 133 Å². The Morgan fingerprint density at radius 1 is 0.268 bits per heavy atom. The molecule has 71 heavy (non-hydrogen) atoms. The van der Waals surface area contributed by atoms with Gasteiger partial charge in [0.2, 0.25) is 0 Å². The van der Waals surface area contributed by atoms with Crippen LogP contribution >= 0.6 is 0 Å². The van der Waals surface area contributed by atoms with Gasteiger partial charge in [-0.25, -0.2) is 0 Å². The molecule has 0 bridgehead atoms. The zero-order valence-corrected chi connectivity index (χ0v) is 37.8. The van der Waals surface area contributed by atoms with Gasteiger partial charge in [0.15, 0.2) is 0 Å². The van der Waals surface area contributed by atoms with Crippen LogP contribution in [0.5, 0.6) is 0 Å². The molecule has 14 aromatic carbocycles. The second-order valence-electron chi connectivity index (χ2n) is 17.6. The van der Waals surface area contributed by atoms with Crippen molar-refractivity contribution >= 4 is 97.3 Å². The van der Waals surface area contributed by atoms with E-state index in [4.69, 9.17) is 22.2 Å². The maximum Gasteiger partial charge on any atom is 0.143 e. The van der Waals surface area contributed by atoms with E-state index in [0.717, 1.165) is 86.9 Å². The summed E-state index contributed by atoms with van der Waals surface area (Å²) in [5, 5.41) is 12.2. The molecule has 0 fully saturated rings. The topological polar surface area (TPSA) is 13.1 Å². The predicted octanol–water partition coefficient (Wildman–Crippen LogP) is 20.0. The number of furan rings is 1. The quantitative estimate of drug-likeness (QED) is 0.160. The van der Waals surface area contributed by atoms with Crippen LogP contribution in [0.25, 0.3) is 142 Å². The van der Waals surface area contributed by atoms with E-state index in [-0.39, 0.29) is 75.4 Å². The zero-order valence-electron chi connectivity index (χ0n) is 50.8. The molecule has 0 atom stereocenters. The Labute approximate surface area is 429 Å². The molecule has 1 aromatic heterocycles. The third-order valence-electron chi connectivity index (χ3n) is 13.8. The highest BCUT2D eigenvalue weighted by atomic mass is 16.3. The van der Waals surface area contributed by atoms with Gasteiger partial charge in [-0.2, -0.15) is 0 Å². The van der Waals surface area contributed by atoms with Crippen molar-refractivity contribution in [2.24, 2.45) is 0 Å². The summed E-state index contributed by atoms with van der Waals surface area (Å²) in [6.45, 7) is 0. The minimum absolute atomic E-state index is 0.207. The summed E-state index contributed by atoms with van der Waals surface area (Å²) in [7, 11) is 0. The van der Waals surface area contributed by atoms with Crippen molar-refractivity contribution in [1.29, 1.82) is 0 Å². The molecule has 0 unspecified atom stereocenters. The summed E-state index contributed by atoms with van der Waals surface area (Å²) in [5.74, 6) is 0. The molecule has 1 heteroatoms. The average molecular weight is 914 g/mol. The van der Waals surface area contributed by atoms with E-state index < -0.39 is 30.2 Å². The lowest BCUT2D eigenvalue weighted by molar-refractivity contribution is 0.673. The first-order valence-electron chi connectivity index (χ1n) is 29.9. The number of hydrogen-bond donors (Lipinski definition) is 0. The first-order valence-corrected chi connectivity index (χ1v) is 23.4. The van der Waals surface area contributed by atoms with Crippen molar-refractivity contribution in [3.8, 4) is 44.5 Å². The maximum absolute atomic E-state index is 9.13. The summed E-state index contributed by atoms with van der Waals surface area (Å²) in [6, 6.07) is 57.0. The summed E-state index contributed by atoms with van der Waals surface area (Å²) in [6.07, 6.45) is 0. The van der Waals surface area contributed by atoms with Gasteiger partial charge in [-0.3, -0.25) is 0 Å². The third-order valence-corrected chi connectivity index (χ3v) is 13.8. The molecule has 1 heterocycles. The minimum atomic E-state index is -0.404. The molecular weight excluding hydrogens is 857 g/mol. The van der Waals surface area contributed by atoms with E-state index in [9.17, 15) is 0 Å². The molecule has 1 nitrogen and oxygen atoms in total. The maximum atomic E-state index is 9.13. The summed E-state index contributed by atoms with van der Waals surface area (Å²) in [5.41, 5.74) is 6.46. The number of fused-ring (bicyclic) bond motifs is 11. The van der Waals surface area contributed by atoms with Gasteiger partial charge >= 0.3 is 0 Å². The average Bonchev–Trinajstić information content (AvgIpc) is 3.52. The molecule has 0 aliphatic carbocycles. The Morgan fingerprint density at radius 3 is 1.38 bits per heavy atom. The third kappa shape index (κ3) is 6.62. The fourth-order valence-corrected chi connectivity index (χ4v) is 10.8. The van der Waals surface area contributed by atoms with Crippen molar-refractivity contribution in [3.63, 3.8) is 0 Å². The Kier molecular flexibility index (Phi) is 6.97. The zero-order chi connectivity index (χ0) is 58.1. The molecule has 0 aliphatic rings. The minimum Gasteiger partial charge on any atom is -0.455 e. The smallest absolute Gasteiger partial charge is 0.143 e. The second kappa shape index (κ2) is 16.7. The van der Waals surface area contributed by atoms with Crippen molar-refractivity contribution < 1.29 is 22.2 Å². The van der Waals surface area contributed by atoms with Crippen LogP contribution in [0, 0.1) is 0 Å². The van der Waals surface area contributed by atoms with Gasteiger partial charge in [-0.15, -0.1) is 0 Å². The lowest BCUT2D eigenvalue weighted by Gasteiger charge is -2.19. The van der Waals surface area contributed by atoms with E-state index in [0.29, 0.717) is 27.8 Å². The fourth-order valence-electron chi connectivity index (χ4n) is 10.8. The van der Waals surface area contributed by atoms with Gasteiger partial charge in [0.25, 0.3) is 0 Å². The molecule has 330 valence electrons. The van der Waals surface area contributed by atoms with Gasteiger partial charge in [0.1, 0.15) is 11.2 Å². The normalized spacial score (nSPS) is 14.2. The van der Waals surface area contributed by atoms with Crippen LogP contribution in [0.15, 0.2) is 271 Å². The Hall–Kier alpha value is -9.30. The largest absolute Gasteiger partial charge is 0.455 e. The Balaban J connectivity index is 0.000000149. The molecule has 0 N–H and O–H groups in total. The highest BCUT2D eigenvalue weighted by molar-refractivity contribution is 6.27. The molecule has 15 rings (SSSR count). The van der Waals surface area contributed by atoms with E-state index in [1.807, 2.05) is 158 Å². The molecule has 15 aromatic rings. The Morgan fingerprint density at radius 2 is 0.718 bits per heavy atom. The predicted molar refractivity (Wildman–Crippen MR) is 304 cm³/mol. The van der Waals surface area contributed by atoms with Crippen LogP contribution in [0.2, 0.25) is 0 Å². The van der Waals surface area contributed by atoms with E-state index in [1.54, 1.807) is 0 Å². The van der Waals surface area contributed by atoms with Gasteiger partial charge in [0.05, 0.1) is 17.8 Å². The molecule has 0 spiro atoms. The van der Waals surface area contributed by atoms with Gasteiger partial charge in [-0.1, -0.05) is 248 Å². The van der Waals surface area contributed by atoms with Crippen LogP contribution in [0.3, 0.4) is 0 Å². The van der Waals surface area contributed by atoms with E-state index >= 15 is 0 Å². The van der Waals surface area contributed by atoms with Crippen molar-refractivity contribution in [2.45, 2.75) is 0 Å². The highest BCUT2D eigenvalue weighted by Crippen LogP contribution is 2.49. The Bertz CT molecular complexity index is 5210. The fraction of sp³-hybridized carbons (Fsp3) is 0. The molecule has 0 radical (unpaired) electrons. The first-order chi connectivity index (χ1) is 40.7. The van der Waals surface area contributed by atoms with Crippen molar-refractivity contribution in [2.75, 3.05) is 0 Å². The lowest BCUT2D eigenvalue weighted by atomic mass is 9.84. The monoisotopic (exact) mass is 913 g/mol. The molecule has 0 aliphatic heterocycles. The van der Waals surface area contributed by atoms with Crippen LogP contribution < -0.4 is 0 Å². The van der Waals surface area contributed by atoms with E-state index in [2.05, 4.69) is 30.3 Å². The summed E-state index contributed by atoms with van der Waals surface area (Å²) in [4.78, 5) is 0. The van der Waals surface area contributed by atoms with Crippen molar-refractivity contribution in [3.05, 3.63) is 267 Å². The molecule has 0 amide bonds. The summed E-state index contributed by atoms with van der Waals surface area (Å²) < 4.78 is 120. The summed E-state index contributed by atoms with van der Waals surface area (Å²) >= 11 is 0. The van der Waals surface area contributed by atoms with E-state index in [1.165, 1.54) is 0 Å². The standard InChI is InChI=1S/C36H22O.C34H22/c1-2-12-24(13-3-1)33-26-15-6-8-17-28(26)34(29-18-9-7-16-27(29)33)30-19-10-20-32-35(30)31-22-21-23-11-4-5-14-25(23)36(31)37-32;1-2-12-25-22-26(21-20-23(25)10-1)33-29-15-5-7-17-31(29)34(32-18-8-6-16-30(32)33)28-19-9-13-24-11-3-4-14-27(24)28/h1-22H;1-22H/i1D,2D,3D,12D,13D;5D,6D,7D,8D,15D,16D,17D,18D. The second-order valence-corrected chi connectivity index (χ2v) is 17.6. The number of rotatable bonds is 4. The van der Waals surface area contributed by atoms with Crippen molar-refractivity contribution in [1.82, 2.24) is 0 Å². The van der Waals surface area contributed by atoms with Crippen LogP contribution in [-0.2, 0) is 0 Å². The van der Waals surface area contributed by atoms with Gasteiger partial charge < -0.3 is 4.42 Å². The molecular formula is C70H44O. The highest BCUT2D eigenvalue weighted by Gasteiger charge is 2.22. The first kappa shape index (κ1) is 29.6. The SMILES string of the molecule is [2H]c1c([2H])c([2H])c(-c2c3ccccc3c(-c3cccc4oc5c6ccccc6ccc5c34)c3ccccc23)c([2H])c1[2H].[2H]c1c([2H])c([2H])c2c(-c3cccc4ccccc34)c3c([2H])c([2H])c([2H])c([2H])c3c(-c3ccc4ccccc4c3)c2c1[2H]. The van der Waals surface area contributed by atoms with Crippen LogP contribution in [0.4, 0.5) is 0 Å². The lowest BCUT2D eigenvalue weighted by Crippen LogP contribution is -1.91. The molecule has 0 saturated heterocycles.